The fraction of sp³-hybridized carbons (Fsp3) is 0.929. The smallest absolute Gasteiger partial charge is 0.236 e. The van der Waals surface area contributed by atoms with Crippen LogP contribution in [0.25, 0.3) is 0 Å². The summed E-state index contributed by atoms with van der Waals surface area (Å²) in [6.07, 6.45) is 6.02. The van der Waals surface area contributed by atoms with E-state index in [1.54, 1.807) is 0 Å². The van der Waals surface area contributed by atoms with E-state index in [1.807, 2.05) is 4.90 Å². The first-order valence-electron chi connectivity index (χ1n) is 6.97. The molecule has 1 saturated heterocycles. The molecule has 0 aromatic carbocycles. The van der Waals surface area contributed by atoms with Crippen LogP contribution >= 0.6 is 0 Å². The highest BCUT2D eigenvalue weighted by molar-refractivity contribution is 5.78. The van der Waals surface area contributed by atoms with Crippen molar-refractivity contribution in [3.63, 3.8) is 0 Å². The summed E-state index contributed by atoms with van der Waals surface area (Å²) in [5.41, 5.74) is 0.346. The zero-order chi connectivity index (χ0) is 12.7. The van der Waals surface area contributed by atoms with Crippen LogP contribution in [-0.2, 0) is 4.79 Å². The molecule has 1 fully saturated rings. The van der Waals surface area contributed by atoms with Crippen molar-refractivity contribution in [3.05, 3.63) is 0 Å². The van der Waals surface area contributed by atoms with Crippen molar-refractivity contribution in [1.82, 2.24) is 10.2 Å². The summed E-state index contributed by atoms with van der Waals surface area (Å²) in [4.78, 5) is 14.0. The van der Waals surface area contributed by atoms with Crippen molar-refractivity contribution in [3.8, 4) is 0 Å². The molecule has 17 heavy (non-hydrogen) atoms. The SMILES string of the molecule is CC(C)(C)CCNCC(=O)N1CCCCCC1. The van der Waals surface area contributed by atoms with E-state index in [9.17, 15) is 4.79 Å². The molecule has 1 aliphatic heterocycles. The Hall–Kier alpha value is -0.570. The van der Waals surface area contributed by atoms with Gasteiger partial charge in [-0.3, -0.25) is 4.79 Å². The van der Waals surface area contributed by atoms with Gasteiger partial charge in [0.15, 0.2) is 0 Å². The maximum Gasteiger partial charge on any atom is 0.236 e. The normalized spacial score (nSPS) is 17.9. The third-order valence-corrected chi connectivity index (χ3v) is 3.29. The van der Waals surface area contributed by atoms with Crippen LogP contribution in [0.4, 0.5) is 0 Å². The fourth-order valence-electron chi connectivity index (χ4n) is 2.09. The summed E-state index contributed by atoms with van der Waals surface area (Å²) < 4.78 is 0. The van der Waals surface area contributed by atoms with E-state index in [0.29, 0.717) is 12.0 Å². The highest BCUT2D eigenvalue weighted by atomic mass is 16.2. The first-order valence-corrected chi connectivity index (χ1v) is 6.97. The number of amides is 1. The third kappa shape index (κ3) is 6.67. The first kappa shape index (κ1) is 14.5. The standard InChI is InChI=1S/C14H28N2O/c1-14(2,3)8-9-15-12-13(17)16-10-6-4-5-7-11-16/h15H,4-12H2,1-3H3. The lowest BCUT2D eigenvalue weighted by Gasteiger charge is -2.22. The molecule has 0 aliphatic carbocycles. The molecule has 1 aliphatic rings. The Labute approximate surface area is 106 Å². The number of carbonyl (C=O) groups is 1. The minimum Gasteiger partial charge on any atom is -0.342 e. The Kier molecular flexibility index (Phi) is 5.96. The summed E-state index contributed by atoms with van der Waals surface area (Å²) in [5.74, 6) is 0.279. The molecule has 100 valence electrons. The summed E-state index contributed by atoms with van der Waals surface area (Å²) in [6.45, 7) is 10.0. The van der Waals surface area contributed by atoms with Crippen LogP contribution in [0.5, 0.6) is 0 Å². The van der Waals surface area contributed by atoms with E-state index in [2.05, 4.69) is 26.1 Å². The van der Waals surface area contributed by atoms with E-state index >= 15 is 0 Å². The van der Waals surface area contributed by atoms with Gasteiger partial charge in [0.2, 0.25) is 5.91 Å². The fourth-order valence-corrected chi connectivity index (χ4v) is 2.09. The Morgan fingerprint density at radius 1 is 1.12 bits per heavy atom. The molecule has 0 unspecified atom stereocenters. The molecule has 0 spiro atoms. The minimum absolute atomic E-state index is 0.279. The zero-order valence-electron chi connectivity index (χ0n) is 11.7. The van der Waals surface area contributed by atoms with Crippen LogP contribution in [0, 0.1) is 5.41 Å². The Morgan fingerprint density at radius 2 is 1.71 bits per heavy atom. The molecular formula is C14H28N2O. The number of hydrogen-bond donors (Lipinski definition) is 1. The molecule has 1 N–H and O–H groups in total. The average molecular weight is 240 g/mol. The van der Waals surface area contributed by atoms with Crippen molar-refractivity contribution >= 4 is 5.91 Å². The average Bonchev–Trinajstić information content (AvgIpc) is 2.51. The van der Waals surface area contributed by atoms with Gasteiger partial charge in [-0.05, 0) is 31.2 Å². The Morgan fingerprint density at radius 3 is 2.24 bits per heavy atom. The van der Waals surface area contributed by atoms with Gasteiger partial charge in [-0.15, -0.1) is 0 Å². The van der Waals surface area contributed by atoms with Gasteiger partial charge in [0, 0.05) is 13.1 Å². The van der Waals surface area contributed by atoms with Crippen LogP contribution in [0.1, 0.15) is 52.9 Å². The lowest BCUT2D eigenvalue weighted by Crippen LogP contribution is -2.39. The van der Waals surface area contributed by atoms with E-state index in [-0.39, 0.29) is 5.91 Å². The Bertz CT molecular complexity index is 225. The van der Waals surface area contributed by atoms with Crippen LogP contribution in [0.15, 0.2) is 0 Å². The molecule has 0 aromatic rings. The molecule has 1 heterocycles. The predicted molar refractivity (Wildman–Crippen MR) is 72.0 cm³/mol. The number of hydrogen-bond acceptors (Lipinski definition) is 2. The van der Waals surface area contributed by atoms with Gasteiger partial charge in [-0.25, -0.2) is 0 Å². The second kappa shape index (κ2) is 7.00. The van der Waals surface area contributed by atoms with Crippen LogP contribution in [0.2, 0.25) is 0 Å². The summed E-state index contributed by atoms with van der Waals surface area (Å²) in [7, 11) is 0. The molecule has 0 saturated carbocycles. The van der Waals surface area contributed by atoms with Crippen molar-refractivity contribution in [1.29, 1.82) is 0 Å². The monoisotopic (exact) mass is 240 g/mol. The largest absolute Gasteiger partial charge is 0.342 e. The number of nitrogens with one attached hydrogen (secondary N) is 1. The van der Waals surface area contributed by atoms with Crippen LogP contribution in [-0.4, -0.2) is 37.0 Å². The third-order valence-electron chi connectivity index (χ3n) is 3.29. The van der Waals surface area contributed by atoms with Gasteiger partial charge in [-0.2, -0.15) is 0 Å². The quantitative estimate of drug-likeness (QED) is 0.765. The van der Waals surface area contributed by atoms with Gasteiger partial charge >= 0.3 is 0 Å². The van der Waals surface area contributed by atoms with E-state index < -0.39 is 0 Å². The molecular weight excluding hydrogens is 212 g/mol. The lowest BCUT2D eigenvalue weighted by molar-refractivity contribution is -0.130. The number of carbonyl (C=O) groups excluding carboxylic acids is 1. The summed E-state index contributed by atoms with van der Waals surface area (Å²) in [6, 6.07) is 0. The topological polar surface area (TPSA) is 32.3 Å². The molecule has 0 bridgehead atoms. The number of nitrogens with zero attached hydrogens (tertiary/aromatic N) is 1. The predicted octanol–water partition coefficient (Wildman–Crippen LogP) is 2.41. The van der Waals surface area contributed by atoms with Crippen LogP contribution in [0.3, 0.4) is 0 Å². The van der Waals surface area contributed by atoms with Crippen LogP contribution < -0.4 is 5.32 Å². The molecule has 3 nitrogen and oxygen atoms in total. The lowest BCUT2D eigenvalue weighted by atomic mass is 9.92. The first-order chi connectivity index (χ1) is 7.99. The van der Waals surface area contributed by atoms with Gasteiger partial charge in [0.05, 0.1) is 6.54 Å². The Balaban J connectivity index is 2.15. The van der Waals surface area contributed by atoms with Crippen molar-refractivity contribution < 1.29 is 4.79 Å². The maximum absolute atomic E-state index is 11.9. The second-order valence-electron chi connectivity index (χ2n) is 6.28. The number of rotatable bonds is 4. The van der Waals surface area contributed by atoms with E-state index in [4.69, 9.17) is 0 Å². The molecule has 3 heteroatoms. The van der Waals surface area contributed by atoms with Gasteiger partial charge in [-0.1, -0.05) is 33.6 Å². The van der Waals surface area contributed by atoms with E-state index in [0.717, 1.165) is 26.1 Å². The molecule has 0 aromatic heterocycles. The maximum atomic E-state index is 11.9. The molecule has 0 atom stereocenters. The van der Waals surface area contributed by atoms with E-state index in [1.165, 1.54) is 25.7 Å². The zero-order valence-corrected chi connectivity index (χ0v) is 11.7. The minimum atomic E-state index is 0.279. The van der Waals surface area contributed by atoms with Gasteiger partial charge < -0.3 is 10.2 Å². The van der Waals surface area contributed by atoms with Gasteiger partial charge in [0.1, 0.15) is 0 Å². The molecule has 1 amide bonds. The highest BCUT2D eigenvalue weighted by Gasteiger charge is 2.15. The summed E-state index contributed by atoms with van der Waals surface area (Å²) >= 11 is 0. The van der Waals surface area contributed by atoms with Gasteiger partial charge in [0.25, 0.3) is 0 Å². The number of likely N-dealkylation sites (tertiary alicyclic amines) is 1. The molecule has 1 rings (SSSR count). The summed E-state index contributed by atoms with van der Waals surface area (Å²) in [5, 5.41) is 3.27. The molecule has 0 radical (unpaired) electrons. The van der Waals surface area contributed by atoms with Crippen molar-refractivity contribution in [2.45, 2.75) is 52.9 Å². The highest BCUT2D eigenvalue weighted by Crippen LogP contribution is 2.16. The van der Waals surface area contributed by atoms with Crippen molar-refractivity contribution in [2.24, 2.45) is 5.41 Å². The van der Waals surface area contributed by atoms with Crippen molar-refractivity contribution in [2.75, 3.05) is 26.2 Å². The second-order valence-corrected chi connectivity index (χ2v) is 6.28.